The molecule has 2 aromatic carbocycles. The summed E-state index contributed by atoms with van der Waals surface area (Å²) in [5.41, 5.74) is 1.28. The number of carbonyl (C=O) groups is 2. The molecule has 5 nitrogen and oxygen atoms in total. The Morgan fingerprint density at radius 3 is 2.23 bits per heavy atom. The SMILES string of the molecule is CC1(C)OC(=O)N(C(=O)COCc2ccccc2)[C@@H]1Cc1ccccc1. The maximum atomic E-state index is 12.6. The van der Waals surface area contributed by atoms with Crippen LogP contribution in [0.15, 0.2) is 60.7 Å². The van der Waals surface area contributed by atoms with E-state index in [4.69, 9.17) is 9.47 Å². The molecule has 0 aromatic heterocycles. The van der Waals surface area contributed by atoms with Crippen LogP contribution in [0.5, 0.6) is 0 Å². The monoisotopic (exact) mass is 353 g/mol. The van der Waals surface area contributed by atoms with Crippen LogP contribution in [0.1, 0.15) is 25.0 Å². The molecule has 1 aliphatic rings. The van der Waals surface area contributed by atoms with E-state index in [1.807, 2.05) is 74.5 Å². The van der Waals surface area contributed by atoms with Crippen LogP contribution >= 0.6 is 0 Å². The van der Waals surface area contributed by atoms with Crippen LogP contribution in [0, 0.1) is 0 Å². The molecule has 0 radical (unpaired) electrons. The van der Waals surface area contributed by atoms with Crippen LogP contribution < -0.4 is 0 Å². The summed E-state index contributed by atoms with van der Waals surface area (Å²) < 4.78 is 11.0. The number of amides is 2. The highest BCUT2D eigenvalue weighted by molar-refractivity contribution is 5.94. The van der Waals surface area contributed by atoms with Gasteiger partial charge in [0.15, 0.2) is 0 Å². The van der Waals surface area contributed by atoms with Gasteiger partial charge in [-0.25, -0.2) is 9.69 Å². The van der Waals surface area contributed by atoms with Crippen molar-refractivity contribution in [2.24, 2.45) is 0 Å². The van der Waals surface area contributed by atoms with Crippen molar-refractivity contribution in [3.63, 3.8) is 0 Å². The average Bonchev–Trinajstić information content (AvgIpc) is 2.85. The number of carbonyl (C=O) groups excluding carboxylic acids is 2. The summed E-state index contributed by atoms with van der Waals surface area (Å²) in [6, 6.07) is 19.0. The first-order valence-corrected chi connectivity index (χ1v) is 8.68. The zero-order valence-electron chi connectivity index (χ0n) is 15.1. The minimum atomic E-state index is -0.748. The molecule has 0 aliphatic carbocycles. The Morgan fingerprint density at radius 2 is 1.62 bits per heavy atom. The zero-order chi connectivity index (χ0) is 18.6. The van der Waals surface area contributed by atoms with E-state index in [0.717, 1.165) is 11.1 Å². The number of nitrogens with zero attached hydrogens (tertiary/aromatic N) is 1. The number of ether oxygens (including phenoxy) is 2. The van der Waals surface area contributed by atoms with Crippen molar-refractivity contribution in [1.82, 2.24) is 4.90 Å². The van der Waals surface area contributed by atoms with Crippen LogP contribution in [0.2, 0.25) is 0 Å². The predicted molar refractivity (Wildman–Crippen MR) is 97.4 cm³/mol. The van der Waals surface area contributed by atoms with Crippen LogP contribution in [0.25, 0.3) is 0 Å². The van der Waals surface area contributed by atoms with Crippen molar-refractivity contribution in [3.8, 4) is 0 Å². The highest BCUT2D eigenvalue weighted by Crippen LogP contribution is 2.32. The average molecular weight is 353 g/mol. The molecular formula is C21H23NO4. The minimum Gasteiger partial charge on any atom is -0.441 e. The van der Waals surface area contributed by atoms with Gasteiger partial charge in [-0.2, -0.15) is 0 Å². The third-order valence-corrected chi connectivity index (χ3v) is 4.54. The van der Waals surface area contributed by atoms with Gasteiger partial charge in [-0.05, 0) is 31.4 Å². The van der Waals surface area contributed by atoms with Crippen LogP contribution in [0.4, 0.5) is 4.79 Å². The molecule has 1 heterocycles. The normalized spacial score (nSPS) is 18.6. The number of benzene rings is 2. The molecule has 26 heavy (non-hydrogen) atoms. The van der Waals surface area contributed by atoms with Gasteiger partial charge in [0.1, 0.15) is 12.2 Å². The maximum Gasteiger partial charge on any atom is 0.417 e. The molecular weight excluding hydrogens is 330 g/mol. The number of imide groups is 1. The van der Waals surface area contributed by atoms with Gasteiger partial charge in [0, 0.05) is 0 Å². The Labute approximate surface area is 153 Å². The topological polar surface area (TPSA) is 55.8 Å². The summed E-state index contributed by atoms with van der Waals surface area (Å²) in [7, 11) is 0. The smallest absolute Gasteiger partial charge is 0.417 e. The van der Waals surface area contributed by atoms with Crippen LogP contribution in [-0.4, -0.2) is 35.2 Å². The summed E-state index contributed by atoms with van der Waals surface area (Å²) >= 11 is 0. The fourth-order valence-electron chi connectivity index (χ4n) is 3.13. The highest BCUT2D eigenvalue weighted by Gasteiger charge is 2.50. The first-order valence-electron chi connectivity index (χ1n) is 8.68. The zero-order valence-corrected chi connectivity index (χ0v) is 15.1. The molecule has 0 N–H and O–H groups in total. The lowest BCUT2D eigenvalue weighted by Gasteiger charge is -2.28. The molecule has 2 aromatic rings. The Hall–Kier alpha value is -2.66. The van der Waals surface area contributed by atoms with Gasteiger partial charge in [0.2, 0.25) is 0 Å². The summed E-state index contributed by atoms with van der Waals surface area (Å²) in [5.74, 6) is -0.377. The number of cyclic esters (lactones) is 1. The molecule has 1 saturated heterocycles. The highest BCUT2D eigenvalue weighted by atomic mass is 16.6. The van der Waals surface area contributed by atoms with Gasteiger partial charge in [0.25, 0.3) is 5.91 Å². The van der Waals surface area contributed by atoms with Crippen LogP contribution in [0.3, 0.4) is 0 Å². The van der Waals surface area contributed by atoms with Crippen molar-refractivity contribution >= 4 is 12.0 Å². The van der Waals surface area contributed by atoms with E-state index in [-0.39, 0.29) is 18.6 Å². The second-order valence-corrected chi connectivity index (χ2v) is 6.92. The summed E-state index contributed by atoms with van der Waals surface area (Å²) in [6.07, 6.45) is -0.0615. The molecule has 1 aliphatic heterocycles. The quantitative estimate of drug-likeness (QED) is 0.797. The van der Waals surface area contributed by atoms with Gasteiger partial charge in [-0.1, -0.05) is 60.7 Å². The van der Waals surface area contributed by atoms with E-state index in [0.29, 0.717) is 13.0 Å². The van der Waals surface area contributed by atoms with Crippen molar-refractivity contribution in [1.29, 1.82) is 0 Å². The van der Waals surface area contributed by atoms with E-state index >= 15 is 0 Å². The Kier molecular flexibility index (Phi) is 5.38. The summed E-state index contributed by atoms with van der Waals surface area (Å²) in [6.45, 7) is 3.82. The Balaban J connectivity index is 1.66. The van der Waals surface area contributed by atoms with Crippen molar-refractivity contribution < 1.29 is 19.1 Å². The molecule has 0 bridgehead atoms. The van der Waals surface area contributed by atoms with Gasteiger partial charge < -0.3 is 9.47 Å². The fourth-order valence-corrected chi connectivity index (χ4v) is 3.13. The van der Waals surface area contributed by atoms with E-state index < -0.39 is 11.7 Å². The lowest BCUT2D eigenvalue weighted by atomic mass is 9.92. The lowest BCUT2D eigenvalue weighted by molar-refractivity contribution is -0.135. The molecule has 0 unspecified atom stereocenters. The van der Waals surface area contributed by atoms with Gasteiger partial charge in [0.05, 0.1) is 12.6 Å². The van der Waals surface area contributed by atoms with Crippen molar-refractivity contribution in [2.75, 3.05) is 6.61 Å². The second kappa shape index (κ2) is 7.70. The molecule has 2 amide bonds. The van der Waals surface area contributed by atoms with Gasteiger partial charge in [-0.3, -0.25) is 4.79 Å². The third-order valence-electron chi connectivity index (χ3n) is 4.54. The van der Waals surface area contributed by atoms with E-state index in [1.54, 1.807) is 0 Å². The first kappa shape index (κ1) is 18.1. The number of hydrogen-bond acceptors (Lipinski definition) is 4. The molecule has 3 rings (SSSR count). The van der Waals surface area contributed by atoms with E-state index in [1.165, 1.54) is 4.90 Å². The van der Waals surface area contributed by atoms with Gasteiger partial charge >= 0.3 is 6.09 Å². The maximum absolute atomic E-state index is 12.6. The minimum absolute atomic E-state index is 0.161. The predicted octanol–water partition coefficient (Wildman–Crippen LogP) is 3.57. The number of hydrogen-bond donors (Lipinski definition) is 0. The molecule has 1 atom stereocenters. The molecule has 5 heteroatoms. The standard InChI is InChI=1S/C21H23NO4/c1-21(2)18(13-16-9-5-3-6-10-16)22(20(24)26-21)19(23)15-25-14-17-11-7-4-8-12-17/h3-12,18H,13-15H2,1-2H3/t18-/m1/s1. The fraction of sp³-hybridized carbons (Fsp3) is 0.333. The summed E-state index contributed by atoms with van der Waals surface area (Å²) in [5, 5.41) is 0. The van der Waals surface area contributed by atoms with Crippen molar-refractivity contribution in [3.05, 3.63) is 71.8 Å². The third kappa shape index (κ3) is 4.11. The molecule has 1 fully saturated rings. The molecule has 0 spiro atoms. The molecule has 0 saturated carbocycles. The first-order chi connectivity index (χ1) is 12.5. The number of rotatable bonds is 6. The Morgan fingerprint density at radius 1 is 1.04 bits per heavy atom. The van der Waals surface area contributed by atoms with Crippen molar-refractivity contribution in [2.45, 2.75) is 38.5 Å². The Bertz CT molecular complexity index is 758. The second-order valence-electron chi connectivity index (χ2n) is 6.92. The molecule has 136 valence electrons. The van der Waals surface area contributed by atoms with E-state index in [9.17, 15) is 9.59 Å². The van der Waals surface area contributed by atoms with E-state index in [2.05, 4.69) is 0 Å². The largest absolute Gasteiger partial charge is 0.441 e. The van der Waals surface area contributed by atoms with Crippen LogP contribution in [-0.2, 0) is 27.3 Å². The summed E-state index contributed by atoms with van der Waals surface area (Å²) in [4.78, 5) is 26.1. The van der Waals surface area contributed by atoms with Gasteiger partial charge in [-0.15, -0.1) is 0 Å². The lowest BCUT2D eigenvalue weighted by Crippen LogP contribution is -2.47.